The maximum Gasteiger partial charge on any atom is 0.261 e. The van der Waals surface area contributed by atoms with Gasteiger partial charge in [0.15, 0.2) is 11.5 Å². The first-order valence-corrected chi connectivity index (χ1v) is 10.5. The molecule has 1 heterocycles. The van der Waals surface area contributed by atoms with Gasteiger partial charge in [0.2, 0.25) is 12.7 Å². The van der Waals surface area contributed by atoms with Crippen molar-refractivity contribution in [2.45, 2.75) is 23.8 Å². The van der Waals surface area contributed by atoms with Crippen molar-refractivity contribution < 1.29 is 27.5 Å². The Hall–Kier alpha value is -3.27. The molecule has 4 rings (SSSR count). The first kappa shape index (κ1) is 19.1. The number of rotatable bonds is 7. The summed E-state index contributed by atoms with van der Waals surface area (Å²) in [5.41, 5.74) is 0.443. The van der Waals surface area contributed by atoms with E-state index in [-0.39, 0.29) is 35.7 Å². The van der Waals surface area contributed by atoms with E-state index >= 15 is 0 Å². The average Bonchev–Trinajstić information content (AvgIpc) is 3.39. The van der Waals surface area contributed by atoms with Gasteiger partial charge in [-0.15, -0.1) is 0 Å². The summed E-state index contributed by atoms with van der Waals surface area (Å²) in [6.45, 7) is -0.0802. The molecule has 0 saturated heterocycles. The minimum absolute atomic E-state index is 0.0785. The number of benzene rings is 2. The lowest BCUT2D eigenvalue weighted by Crippen LogP contribution is -2.37. The summed E-state index contributed by atoms with van der Waals surface area (Å²) < 4.78 is 38.3. The van der Waals surface area contributed by atoms with Crippen molar-refractivity contribution in [3.8, 4) is 11.5 Å². The molecule has 2 amide bonds. The fourth-order valence-corrected chi connectivity index (χ4v) is 3.84. The smallest absolute Gasteiger partial charge is 0.261 e. The van der Waals surface area contributed by atoms with Gasteiger partial charge in [-0.25, -0.2) is 8.42 Å². The molecule has 3 N–H and O–H groups in total. The molecule has 0 atom stereocenters. The van der Waals surface area contributed by atoms with Crippen molar-refractivity contribution in [3.63, 3.8) is 0 Å². The van der Waals surface area contributed by atoms with E-state index in [2.05, 4.69) is 15.4 Å². The molecule has 0 spiro atoms. The van der Waals surface area contributed by atoms with Crippen LogP contribution in [0.2, 0.25) is 0 Å². The predicted molar refractivity (Wildman–Crippen MR) is 103 cm³/mol. The Balaban J connectivity index is 1.43. The topological polar surface area (TPSA) is 123 Å². The van der Waals surface area contributed by atoms with E-state index in [1.807, 2.05) is 0 Å². The van der Waals surface area contributed by atoms with Crippen LogP contribution in [0.3, 0.4) is 0 Å². The standard InChI is InChI=1S/C19H19N3O6S/c23-18(21-13-4-5-13)10-20-19(24)12-2-1-3-15(8-12)29(25,26)22-14-6-7-16-17(9-14)28-11-27-16/h1-3,6-9,13,22H,4-5,10-11H2,(H,20,24)(H,21,23). The maximum absolute atomic E-state index is 12.7. The average molecular weight is 417 g/mol. The monoisotopic (exact) mass is 417 g/mol. The number of anilines is 1. The second-order valence-corrected chi connectivity index (χ2v) is 8.41. The summed E-state index contributed by atoms with van der Waals surface area (Å²) in [5.74, 6) is 0.185. The summed E-state index contributed by atoms with van der Waals surface area (Å²) in [6, 6.07) is 10.5. The zero-order chi connectivity index (χ0) is 20.4. The van der Waals surface area contributed by atoms with Crippen molar-refractivity contribution in [1.29, 1.82) is 0 Å². The summed E-state index contributed by atoms with van der Waals surface area (Å²) >= 11 is 0. The van der Waals surface area contributed by atoms with E-state index in [0.29, 0.717) is 17.2 Å². The number of amides is 2. The van der Waals surface area contributed by atoms with E-state index in [4.69, 9.17) is 9.47 Å². The molecule has 1 aliphatic carbocycles. The number of hydrogen-bond acceptors (Lipinski definition) is 6. The van der Waals surface area contributed by atoms with Crippen LogP contribution in [0, 0.1) is 0 Å². The van der Waals surface area contributed by atoms with E-state index in [0.717, 1.165) is 12.8 Å². The summed E-state index contributed by atoms with van der Waals surface area (Å²) in [4.78, 5) is 23.9. The quantitative estimate of drug-likeness (QED) is 0.623. The van der Waals surface area contributed by atoms with Crippen LogP contribution in [-0.4, -0.2) is 39.6 Å². The fourth-order valence-electron chi connectivity index (χ4n) is 2.75. The molecule has 29 heavy (non-hydrogen) atoms. The van der Waals surface area contributed by atoms with Crippen molar-refractivity contribution in [2.75, 3.05) is 18.1 Å². The largest absolute Gasteiger partial charge is 0.454 e. The van der Waals surface area contributed by atoms with Gasteiger partial charge in [-0.2, -0.15) is 0 Å². The Kier molecular flexibility index (Phi) is 5.01. The zero-order valence-corrected chi connectivity index (χ0v) is 16.1. The molecule has 10 heteroatoms. The Bertz CT molecular complexity index is 1070. The zero-order valence-electron chi connectivity index (χ0n) is 15.3. The second-order valence-electron chi connectivity index (χ2n) is 6.73. The van der Waals surface area contributed by atoms with Gasteiger partial charge in [-0.1, -0.05) is 6.07 Å². The van der Waals surface area contributed by atoms with Gasteiger partial charge in [-0.3, -0.25) is 14.3 Å². The van der Waals surface area contributed by atoms with Crippen molar-refractivity contribution >= 4 is 27.5 Å². The third kappa shape index (κ3) is 4.60. The van der Waals surface area contributed by atoms with Crippen molar-refractivity contribution in [2.24, 2.45) is 0 Å². The number of hydrogen-bond donors (Lipinski definition) is 3. The lowest BCUT2D eigenvalue weighted by molar-refractivity contribution is -0.120. The molecule has 0 bridgehead atoms. The number of carbonyl (C=O) groups excluding carboxylic acids is 2. The molecule has 9 nitrogen and oxygen atoms in total. The van der Waals surface area contributed by atoms with Crippen LogP contribution in [0.5, 0.6) is 11.5 Å². The molecule has 0 aromatic heterocycles. The maximum atomic E-state index is 12.7. The highest BCUT2D eigenvalue weighted by Gasteiger charge is 2.23. The van der Waals surface area contributed by atoms with Crippen LogP contribution >= 0.6 is 0 Å². The summed E-state index contributed by atoms with van der Waals surface area (Å²) in [5, 5.41) is 5.25. The van der Waals surface area contributed by atoms with Crippen LogP contribution in [0.15, 0.2) is 47.4 Å². The Morgan fingerprint density at radius 3 is 2.62 bits per heavy atom. The number of sulfonamides is 1. The summed E-state index contributed by atoms with van der Waals surface area (Å²) in [6.07, 6.45) is 1.91. The number of fused-ring (bicyclic) bond motifs is 1. The molecule has 1 aliphatic heterocycles. The Morgan fingerprint density at radius 2 is 1.83 bits per heavy atom. The molecule has 2 aromatic rings. The highest BCUT2D eigenvalue weighted by Crippen LogP contribution is 2.34. The van der Waals surface area contributed by atoms with Gasteiger partial charge >= 0.3 is 0 Å². The Morgan fingerprint density at radius 1 is 1.03 bits per heavy atom. The fraction of sp³-hybridized carbons (Fsp3) is 0.263. The molecule has 0 unspecified atom stereocenters. The Labute approximate surface area is 167 Å². The first-order chi connectivity index (χ1) is 13.9. The van der Waals surface area contributed by atoms with E-state index < -0.39 is 15.9 Å². The SMILES string of the molecule is O=C(CNC(=O)c1cccc(S(=O)(=O)Nc2ccc3c(c2)OCO3)c1)NC1CC1. The van der Waals surface area contributed by atoms with E-state index in [1.54, 1.807) is 12.1 Å². The normalized spacial score (nSPS) is 14.9. The molecule has 1 saturated carbocycles. The van der Waals surface area contributed by atoms with Crippen molar-refractivity contribution in [3.05, 3.63) is 48.0 Å². The molecule has 2 aliphatic rings. The van der Waals surface area contributed by atoms with Gasteiger partial charge < -0.3 is 20.1 Å². The molecular formula is C19H19N3O6S. The van der Waals surface area contributed by atoms with Crippen LogP contribution in [0.1, 0.15) is 23.2 Å². The van der Waals surface area contributed by atoms with Crippen LogP contribution in [0.25, 0.3) is 0 Å². The first-order valence-electron chi connectivity index (χ1n) is 9.01. The van der Waals surface area contributed by atoms with E-state index in [1.165, 1.54) is 30.3 Å². The molecular weight excluding hydrogens is 398 g/mol. The lowest BCUT2D eigenvalue weighted by atomic mass is 10.2. The van der Waals surface area contributed by atoms with Gasteiger partial charge in [0.1, 0.15) is 0 Å². The summed E-state index contributed by atoms with van der Waals surface area (Å²) in [7, 11) is -3.93. The van der Waals surface area contributed by atoms with Gasteiger partial charge in [0, 0.05) is 17.7 Å². The number of nitrogens with one attached hydrogen (secondary N) is 3. The number of carbonyl (C=O) groups is 2. The third-order valence-corrected chi connectivity index (χ3v) is 5.76. The molecule has 0 radical (unpaired) electrons. The highest BCUT2D eigenvalue weighted by atomic mass is 32.2. The van der Waals surface area contributed by atoms with Crippen LogP contribution in [-0.2, 0) is 14.8 Å². The highest BCUT2D eigenvalue weighted by molar-refractivity contribution is 7.92. The minimum Gasteiger partial charge on any atom is -0.454 e. The molecule has 2 aromatic carbocycles. The lowest BCUT2D eigenvalue weighted by Gasteiger charge is -2.10. The minimum atomic E-state index is -3.93. The third-order valence-electron chi connectivity index (χ3n) is 4.38. The van der Waals surface area contributed by atoms with Gasteiger partial charge in [-0.05, 0) is 43.2 Å². The predicted octanol–water partition coefficient (Wildman–Crippen LogP) is 1.22. The van der Waals surface area contributed by atoms with Crippen molar-refractivity contribution in [1.82, 2.24) is 10.6 Å². The van der Waals surface area contributed by atoms with Crippen LogP contribution in [0.4, 0.5) is 5.69 Å². The molecule has 1 fully saturated rings. The van der Waals surface area contributed by atoms with E-state index in [9.17, 15) is 18.0 Å². The van der Waals surface area contributed by atoms with Gasteiger partial charge in [0.25, 0.3) is 15.9 Å². The van der Waals surface area contributed by atoms with Crippen LogP contribution < -0.4 is 24.8 Å². The second kappa shape index (κ2) is 7.63. The number of ether oxygens (including phenoxy) is 2. The molecule has 152 valence electrons. The van der Waals surface area contributed by atoms with Gasteiger partial charge in [0.05, 0.1) is 17.1 Å².